The number of aryl methyl sites for hydroxylation is 1. The highest BCUT2D eigenvalue weighted by molar-refractivity contribution is 7.89. The number of thiophene rings is 1. The van der Waals surface area contributed by atoms with Crippen molar-refractivity contribution in [3.05, 3.63) is 40.2 Å². The van der Waals surface area contributed by atoms with Crippen LogP contribution < -0.4 is 10.0 Å². The van der Waals surface area contributed by atoms with E-state index < -0.39 is 10.0 Å². The summed E-state index contributed by atoms with van der Waals surface area (Å²) in [6.07, 6.45) is 2.40. The molecule has 0 fully saturated rings. The van der Waals surface area contributed by atoms with Crippen LogP contribution in [0.3, 0.4) is 0 Å². The third-order valence-electron chi connectivity index (χ3n) is 2.98. The number of sulfonamides is 1. The molecule has 0 aliphatic heterocycles. The molecular weight excluding hydrogens is 306 g/mol. The van der Waals surface area contributed by atoms with Crippen molar-refractivity contribution in [3.63, 3.8) is 0 Å². The highest BCUT2D eigenvalue weighted by Crippen LogP contribution is 2.20. The van der Waals surface area contributed by atoms with Crippen LogP contribution in [0.4, 0.5) is 5.69 Å². The van der Waals surface area contributed by atoms with Crippen molar-refractivity contribution < 1.29 is 8.42 Å². The fourth-order valence-electron chi connectivity index (χ4n) is 1.81. The van der Waals surface area contributed by atoms with Gasteiger partial charge in [0, 0.05) is 24.2 Å². The molecule has 0 spiro atoms. The fourth-order valence-corrected chi connectivity index (χ4v) is 3.85. The molecule has 7 heteroatoms. The van der Waals surface area contributed by atoms with Gasteiger partial charge in [-0.25, -0.2) is 18.1 Å². The number of hydrogen-bond donors (Lipinski definition) is 2. The minimum Gasteiger partial charge on any atom is -0.383 e. The highest BCUT2D eigenvalue weighted by atomic mass is 32.2. The van der Waals surface area contributed by atoms with Gasteiger partial charge in [0.1, 0.15) is 0 Å². The monoisotopic (exact) mass is 325 g/mol. The van der Waals surface area contributed by atoms with Gasteiger partial charge in [0.15, 0.2) is 5.03 Å². The van der Waals surface area contributed by atoms with Crippen molar-refractivity contribution in [1.82, 2.24) is 9.71 Å². The molecule has 21 heavy (non-hydrogen) atoms. The van der Waals surface area contributed by atoms with Crippen molar-refractivity contribution in [3.8, 4) is 0 Å². The summed E-state index contributed by atoms with van der Waals surface area (Å²) in [7, 11) is -3.63. The molecule has 0 bridgehead atoms. The smallest absolute Gasteiger partial charge is 0.260 e. The number of nitrogens with zero attached hydrogens (tertiary/aromatic N) is 1. The van der Waals surface area contributed by atoms with E-state index in [4.69, 9.17) is 0 Å². The van der Waals surface area contributed by atoms with Crippen LogP contribution in [0.1, 0.15) is 23.8 Å². The summed E-state index contributed by atoms with van der Waals surface area (Å²) in [5, 5.41) is 5.10. The predicted octanol–water partition coefficient (Wildman–Crippen LogP) is 2.75. The number of rotatable bonds is 7. The Hall–Kier alpha value is -1.44. The predicted molar refractivity (Wildman–Crippen MR) is 86.1 cm³/mol. The Bertz CT molecular complexity index is 696. The standard InChI is InChI=1S/C14H19N3O2S2/c1-3-7-15-12-5-4-8-16-14(12)21(18,19)17-10-13-11(2)6-9-20-13/h4-6,8-9,15,17H,3,7,10H2,1-2H3. The van der Waals surface area contributed by atoms with E-state index in [1.165, 1.54) is 6.20 Å². The van der Waals surface area contributed by atoms with Gasteiger partial charge in [-0.2, -0.15) is 0 Å². The Balaban J connectivity index is 2.17. The maximum absolute atomic E-state index is 12.4. The Labute approximate surface area is 129 Å². The highest BCUT2D eigenvalue weighted by Gasteiger charge is 2.20. The molecule has 2 N–H and O–H groups in total. The van der Waals surface area contributed by atoms with E-state index in [1.807, 2.05) is 25.3 Å². The maximum Gasteiger partial charge on any atom is 0.260 e. The van der Waals surface area contributed by atoms with Crippen LogP contribution in [-0.2, 0) is 16.6 Å². The average molecular weight is 325 g/mol. The number of pyridine rings is 1. The van der Waals surface area contributed by atoms with Crippen molar-refractivity contribution in [2.75, 3.05) is 11.9 Å². The SMILES string of the molecule is CCCNc1cccnc1S(=O)(=O)NCc1sccc1C. The van der Waals surface area contributed by atoms with Crippen molar-refractivity contribution in [2.24, 2.45) is 0 Å². The molecule has 0 atom stereocenters. The number of aromatic nitrogens is 1. The maximum atomic E-state index is 12.4. The van der Waals surface area contributed by atoms with Gasteiger partial charge in [-0.05, 0) is 42.5 Å². The average Bonchev–Trinajstić information content (AvgIpc) is 2.89. The Morgan fingerprint density at radius 3 is 2.81 bits per heavy atom. The molecule has 0 aromatic carbocycles. The van der Waals surface area contributed by atoms with E-state index in [-0.39, 0.29) is 11.6 Å². The summed E-state index contributed by atoms with van der Waals surface area (Å²) in [4.78, 5) is 5.03. The molecule has 2 rings (SSSR count). The lowest BCUT2D eigenvalue weighted by Crippen LogP contribution is -2.25. The van der Waals surface area contributed by atoms with Crippen molar-refractivity contribution in [1.29, 1.82) is 0 Å². The second kappa shape index (κ2) is 7.02. The summed E-state index contributed by atoms with van der Waals surface area (Å²) in [5.74, 6) is 0. The molecule has 2 aromatic heterocycles. The quantitative estimate of drug-likeness (QED) is 0.821. The van der Waals surface area contributed by atoms with Gasteiger partial charge < -0.3 is 5.32 Å². The molecule has 0 saturated heterocycles. The Morgan fingerprint density at radius 1 is 1.33 bits per heavy atom. The van der Waals surface area contributed by atoms with Gasteiger partial charge in [0.25, 0.3) is 10.0 Å². The molecule has 114 valence electrons. The lowest BCUT2D eigenvalue weighted by atomic mass is 10.3. The van der Waals surface area contributed by atoms with E-state index in [2.05, 4.69) is 15.0 Å². The third-order valence-corrected chi connectivity index (χ3v) is 5.36. The summed E-state index contributed by atoms with van der Waals surface area (Å²) < 4.78 is 27.4. The largest absolute Gasteiger partial charge is 0.383 e. The first kappa shape index (κ1) is 15.9. The van der Waals surface area contributed by atoms with Crippen LogP contribution in [0, 0.1) is 6.92 Å². The van der Waals surface area contributed by atoms with Gasteiger partial charge >= 0.3 is 0 Å². The molecule has 2 heterocycles. The molecule has 0 radical (unpaired) electrons. The van der Waals surface area contributed by atoms with Gasteiger partial charge in [0.2, 0.25) is 0 Å². The minimum absolute atomic E-state index is 0.0488. The van der Waals surface area contributed by atoms with Crippen LogP contribution in [-0.4, -0.2) is 19.9 Å². The Morgan fingerprint density at radius 2 is 2.14 bits per heavy atom. The second-order valence-corrected chi connectivity index (χ2v) is 7.32. The van der Waals surface area contributed by atoms with E-state index in [0.717, 1.165) is 16.9 Å². The minimum atomic E-state index is -3.63. The normalized spacial score (nSPS) is 11.5. The summed E-state index contributed by atoms with van der Waals surface area (Å²) in [5.41, 5.74) is 1.63. The van der Waals surface area contributed by atoms with Crippen LogP contribution in [0.2, 0.25) is 0 Å². The number of nitrogens with one attached hydrogen (secondary N) is 2. The van der Waals surface area contributed by atoms with Crippen LogP contribution in [0.5, 0.6) is 0 Å². The zero-order valence-electron chi connectivity index (χ0n) is 12.1. The van der Waals surface area contributed by atoms with Crippen molar-refractivity contribution >= 4 is 27.0 Å². The van der Waals surface area contributed by atoms with Crippen LogP contribution in [0.15, 0.2) is 34.8 Å². The summed E-state index contributed by atoms with van der Waals surface area (Å²) in [6, 6.07) is 5.43. The van der Waals surface area contributed by atoms with E-state index in [1.54, 1.807) is 23.5 Å². The molecule has 0 aliphatic rings. The Kier molecular flexibility index (Phi) is 5.33. The molecule has 2 aromatic rings. The number of hydrogen-bond acceptors (Lipinski definition) is 5. The van der Waals surface area contributed by atoms with Crippen molar-refractivity contribution in [2.45, 2.75) is 31.8 Å². The molecule has 5 nitrogen and oxygen atoms in total. The first-order valence-corrected chi connectivity index (χ1v) is 9.12. The van der Waals surface area contributed by atoms with Crippen LogP contribution >= 0.6 is 11.3 Å². The van der Waals surface area contributed by atoms with Gasteiger partial charge in [-0.3, -0.25) is 0 Å². The first-order chi connectivity index (χ1) is 10.0. The lowest BCUT2D eigenvalue weighted by Gasteiger charge is -2.11. The van der Waals surface area contributed by atoms with E-state index >= 15 is 0 Å². The van der Waals surface area contributed by atoms with Gasteiger partial charge in [0.05, 0.1) is 5.69 Å². The zero-order valence-corrected chi connectivity index (χ0v) is 13.7. The van der Waals surface area contributed by atoms with Crippen LogP contribution in [0.25, 0.3) is 0 Å². The topological polar surface area (TPSA) is 71.1 Å². The molecule has 0 unspecified atom stereocenters. The number of anilines is 1. The van der Waals surface area contributed by atoms with Gasteiger partial charge in [-0.15, -0.1) is 11.3 Å². The van der Waals surface area contributed by atoms with E-state index in [0.29, 0.717) is 12.2 Å². The lowest BCUT2D eigenvalue weighted by molar-refractivity contribution is 0.578. The fraction of sp³-hybridized carbons (Fsp3) is 0.357. The van der Waals surface area contributed by atoms with E-state index in [9.17, 15) is 8.42 Å². The molecule has 0 amide bonds. The summed E-state index contributed by atoms with van der Waals surface area (Å²) in [6.45, 7) is 4.98. The molecule has 0 aliphatic carbocycles. The van der Waals surface area contributed by atoms with Gasteiger partial charge in [-0.1, -0.05) is 6.92 Å². The molecular formula is C14H19N3O2S2. The third kappa shape index (κ3) is 4.03. The second-order valence-electron chi connectivity index (χ2n) is 4.63. The summed E-state index contributed by atoms with van der Waals surface area (Å²) >= 11 is 1.54. The first-order valence-electron chi connectivity index (χ1n) is 6.76. The zero-order chi connectivity index (χ0) is 15.3. The molecule has 0 saturated carbocycles.